The quantitative estimate of drug-likeness (QED) is 0.707. The van der Waals surface area contributed by atoms with Gasteiger partial charge in [-0.2, -0.15) is 0 Å². The second kappa shape index (κ2) is 7.55. The van der Waals surface area contributed by atoms with E-state index in [1.807, 2.05) is 48.0 Å². The maximum Gasteiger partial charge on any atom is 0.270 e. The first-order chi connectivity index (χ1) is 13.1. The third-order valence-corrected chi connectivity index (χ3v) is 5.27. The van der Waals surface area contributed by atoms with E-state index < -0.39 is 6.10 Å². The van der Waals surface area contributed by atoms with Gasteiger partial charge in [0.05, 0.1) is 12.6 Å². The average molecular weight is 363 g/mol. The van der Waals surface area contributed by atoms with Crippen LogP contribution in [0, 0.1) is 0 Å². The molecular formula is C22H25N3O2. The number of carbonyl (C=O) groups excluding carboxylic acids is 1. The summed E-state index contributed by atoms with van der Waals surface area (Å²) >= 11 is 0. The van der Waals surface area contributed by atoms with Gasteiger partial charge in [0.2, 0.25) is 0 Å². The molecule has 0 saturated heterocycles. The number of para-hydroxylation sites is 1. The molecule has 1 aliphatic heterocycles. The van der Waals surface area contributed by atoms with Gasteiger partial charge in [-0.1, -0.05) is 48.5 Å². The predicted octanol–water partition coefficient (Wildman–Crippen LogP) is 2.42. The summed E-state index contributed by atoms with van der Waals surface area (Å²) in [4.78, 5) is 14.6. The van der Waals surface area contributed by atoms with Crippen LogP contribution in [0.15, 0.2) is 54.6 Å². The first-order valence-electron chi connectivity index (χ1n) is 9.43. The zero-order valence-electron chi connectivity index (χ0n) is 15.6. The highest BCUT2D eigenvalue weighted by Crippen LogP contribution is 2.30. The van der Waals surface area contributed by atoms with E-state index in [-0.39, 0.29) is 5.91 Å². The van der Waals surface area contributed by atoms with E-state index in [1.165, 1.54) is 5.56 Å². The fourth-order valence-electron chi connectivity index (χ4n) is 3.88. The molecule has 2 N–H and O–H groups in total. The Bertz CT molecular complexity index is 949. The number of aliphatic hydroxyl groups excluding tert-OH is 1. The monoisotopic (exact) mass is 363 g/mol. The van der Waals surface area contributed by atoms with Gasteiger partial charge in [0.1, 0.15) is 5.69 Å². The number of rotatable bonds is 6. The molecule has 0 saturated carbocycles. The third-order valence-electron chi connectivity index (χ3n) is 5.27. The molecule has 1 amide bonds. The summed E-state index contributed by atoms with van der Waals surface area (Å²) in [5.74, 6) is 0.0388. The minimum Gasteiger partial charge on any atom is -0.390 e. The van der Waals surface area contributed by atoms with Crippen molar-refractivity contribution in [3.05, 3.63) is 71.4 Å². The molecule has 1 atom stereocenters. The van der Waals surface area contributed by atoms with Crippen molar-refractivity contribution in [1.29, 1.82) is 0 Å². The van der Waals surface area contributed by atoms with Crippen molar-refractivity contribution in [2.45, 2.75) is 25.6 Å². The van der Waals surface area contributed by atoms with Crippen molar-refractivity contribution >= 4 is 16.8 Å². The van der Waals surface area contributed by atoms with Crippen molar-refractivity contribution in [3.63, 3.8) is 0 Å². The molecule has 0 fully saturated rings. The molecular weight excluding hydrogens is 338 g/mol. The van der Waals surface area contributed by atoms with Crippen molar-refractivity contribution in [1.82, 2.24) is 14.8 Å². The van der Waals surface area contributed by atoms with Gasteiger partial charge in [0, 0.05) is 37.6 Å². The number of benzene rings is 2. The molecule has 4 rings (SSSR count). The van der Waals surface area contributed by atoms with Crippen LogP contribution >= 0.6 is 0 Å². The Balaban J connectivity index is 1.54. The Labute approximate surface area is 159 Å². The smallest absolute Gasteiger partial charge is 0.270 e. The van der Waals surface area contributed by atoms with Gasteiger partial charge in [0.15, 0.2) is 0 Å². The lowest BCUT2D eigenvalue weighted by Crippen LogP contribution is -2.37. The van der Waals surface area contributed by atoms with Crippen LogP contribution in [0.3, 0.4) is 0 Å². The van der Waals surface area contributed by atoms with Gasteiger partial charge in [-0.3, -0.25) is 4.79 Å². The summed E-state index contributed by atoms with van der Waals surface area (Å²) in [6.45, 7) is 2.32. The second-order valence-electron chi connectivity index (χ2n) is 7.20. The minimum absolute atomic E-state index is 0.0388. The molecule has 5 nitrogen and oxygen atoms in total. The van der Waals surface area contributed by atoms with E-state index in [9.17, 15) is 9.90 Å². The summed E-state index contributed by atoms with van der Waals surface area (Å²) in [6.07, 6.45) is 0.279. The Morgan fingerprint density at radius 3 is 2.67 bits per heavy atom. The Kier molecular flexibility index (Phi) is 4.97. The van der Waals surface area contributed by atoms with Gasteiger partial charge in [-0.15, -0.1) is 0 Å². The van der Waals surface area contributed by atoms with Crippen LogP contribution in [-0.4, -0.2) is 46.7 Å². The molecule has 0 radical (unpaired) electrons. The first kappa shape index (κ1) is 17.8. The number of nitrogens with zero attached hydrogens (tertiary/aromatic N) is 2. The molecule has 0 bridgehead atoms. The molecule has 1 aliphatic rings. The summed E-state index contributed by atoms with van der Waals surface area (Å²) in [5, 5.41) is 15.0. The third kappa shape index (κ3) is 3.48. The minimum atomic E-state index is -0.575. The lowest BCUT2D eigenvalue weighted by atomic mass is 10.0. The lowest BCUT2D eigenvalue weighted by Gasteiger charge is -2.25. The van der Waals surface area contributed by atoms with E-state index in [4.69, 9.17) is 0 Å². The van der Waals surface area contributed by atoms with Crippen molar-refractivity contribution in [2.24, 2.45) is 0 Å². The van der Waals surface area contributed by atoms with Crippen LogP contribution in [-0.2, 0) is 19.5 Å². The SMILES string of the molecule is CN1CCc2c(n(C[C@H](O)CNCc3ccccc3)c3ccccc23)C1=O. The van der Waals surface area contributed by atoms with Crippen molar-refractivity contribution in [2.75, 3.05) is 20.1 Å². The standard InChI is InChI=1S/C22H25N3O2/c1-24-12-11-19-18-9-5-6-10-20(18)25(21(19)22(24)27)15-17(26)14-23-13-16-7-3-2-4-8-16/h2-10,17,23,26H,11-15H2,1H3/t17-/m1/s1. The summed E-state index contributed by atoms with van der Waals surface area (Å²) in [7, 11) is 1.84. The van der Waals surface area contributed by atoms with Crippen LogP contribution in [0.1, 0.15) is 21.6 Å². The molecule has 5 heteroatoms. The number of fused-ring (bicyclic) bond motifs is 3. The number of hydrogen-bond acceptors (Lipinski definition) is 3. The van der Waals surface area contributed by atoms with E-state index >= 15 is 0 Å². The Morgan fingerprint density at radius 1 is 1.11 bits per heavy atom. The topological polar surface area (TPSA) is 57.5 Å². The van der Waals surface area contributed by atoms with Gasteiger partial charge < -0.3 is 19.9 Å². The number of nitrogens with one attached hydrogen (secondary N) is 1. The largest absolute Gasteiger partial charge is 0.390 e. The van der Waals surface area contributed by atoms with E-state index in [1.54, 1.807) is 4.90 Å². The van der Waals surface area contributed by atoms with Crippen LogP contribution in [0.2, 0.25) is 0 Å². The van der Waals surface area contributed by atoms with Gasteiger partial charge in [0.25, 0.3) is 5.91 Å². The van der Waals surface area contributed by atoms with Crippen LogP contribution < -0.4 is 5.32 Å². The Morgan fingerprint density at radius 2 is 1.85 bits per heavy atom. The van der Waals surface area contributed by atoms with Crippen LogP contribution in [0.5, 0.6) is 0 Å². The molecule has 0 aliphatic carbocycles. The molecule has 1 aromatic heterocycles. The van der Waals surface area contributed by atoms with E-state index in [0.29, 0.717) is 19.6 Å². The first-order valence-corrected chi connectivity index (χ1v) is 9.43. The fraction of sp³-hybridized carbons (Fsp3) is 0.318. The normalized spacial score (nSPS) is 15.2. The van der Waals surface area contributed by atoms with Crippen molar-refractivity contribution in [3.8, 4) is 0 Å². The number of aliphatic hydroxyl groups is 1. The van der Waals surface area contributed by atoms with Gasteiger partial charge in [-0.05, 0) is 23.6 Å². The molecule has 27 heavy (non-hydrogen) atoms. The van der Waals surface area contributed by atoms with Gasteiger partial charge in [-0.25, -0.2) is 0 Å². The number of hydrogen-bond donors (Lipinski definition) is 2. The van der Waals surface area contributed by atoms with Crippen molar-refractivity contribution < 1.29 is 9.90 Å². The molecule has 0 unspecified atom stereocenters. The van der Waals surface area contributed by atoms with E-state index in [0.717, 1.165) is 35.1 Å². The maximum absolute atomic E-state index is 12.8. The highest BCUT2D eigenvalue weighted by Gasteiger charge is 2.29. The fourth-order valence-corrected chi connectivity index (χ4v) is 3.88. The zero-order valence-corrected chi connectivity index (χ0v) is 15.6. The van der Waals surface area contributed by atoms with Crippen LogP contribution in [0.4, 0.5) is 0 Å². The lowest BCUT2D eigenvalue weighted by molar-refractivity contribution is 0.0764. The van der Waals surface area contributed by atoms with Crippen LogP contribution in [0.25, 0.3) is 10.9 Å². The number of amides is 1. The summed E-state index contributed by atoms with van der Waals surface area (Å²) < 4.78 is 2.00. The molecule has 0 spiro atoms. The number of aromatic nitrogens is 1. The maximum atomic E-state index is 12.8. The highest BCUT2D eigenvalue weighted by atomic mass is 16.3. The second-order valence-corrected chi connectivity index (χ2v) is 7.20. The molecule has 3 aromatic rings. The molecule has 140 valence electrons. The summed E-state index contributed by atoms with van der Waals surface area (Å²) in [6, 6.07) is 18.2. The average Bonchev–Trinajstić information content (AvgIpc) is 3.00. The molecule has 2 heterocycles. The van der Waals surface area contributed by atoms with E-state index in [2.05, 4.69) is 23.5 Å². The summed E-state index contributed by atoms with van der Waals surface area (Å²) in [5.41, 5.74) is 4.05. The highest BCUT2D eigenvalue weighted by molar-refractivity contribution is 6.02. The zero-order chi connectivity index (χ0) is 18.8. The molecule has 2 aromatic carbocycles. The van der Waals surface area contributed by atoms with Gasteiger partial charge >= 0.3 is 0 Å². The Hall–Kier alpha value is -2.63. The number of carbonyl (C=O) groups is 1. The predicted molar refractivity (Wildman–Crippen MR) is 107 cm³/mol. The number of likely N-dealkylation sites (N-methyl/N-ethyl adjacent to an activating group) is 1.